The molecule has 0 spiro atoms. The van der Waals surface area contributed by atoms with Gasteiger partial charge in [-0.2, -0.15) is 0 Å². The molecule has 0 atom stereocenters. The molecule has 1 amide bonds. The molecular formula is C19H28N2O6Tc. The first kappa shape index (κ1) is 26.0. The van der Waals surface area contributed by atoms with E-state index in [-0.39, 0.29) is 26.7 Å². The van der Waals surface area contributed by atoms with Crippen LogP contribution < -0.4 is 10.1 Å². The van der Waals surface area contributed by atoms with Crippen molar-refractivity contribution in [2.45, 2.75) is 39.0 Å². The van der Waals surface area contributed by atoms with Gasteiger partial charge in [0.05, 0.1) is 31.9 Å². The van der Waals surface area contributed by atoms with Crippen LogP contribution in [0.1, 0.15) is 39.0 Å². The zero-order valence-corrected chi connectivity index (χ0v) is 17.9. The van der Waals surface area contributed by atoms with Gasteiger partial charge in [0.2, 0.25) is 5.91 Å². The van der Waals surface area contributed by atoms with Crippen molar-refractivity contribution in [1.82, 2.24) is 4.90 Å². The molecule has 1 radical (unpaired) electrons. The van der Waals surface area contributed by atoms with Crippen molar-refractivity contribution in [1.29, 1.82) is 0 Å². The second-order valence-corrected chi connectivity index (χ2v) is 6.24. The van der Waals surface area contributed by atoms with E-state index in [4.69, 9.17) is 14.9 Å². The number of ether oxygens (including phenoxy) is 1. The van der Waals surface area contributed by atoms with Crippen molar-refractivity contribution in [3.05, 3.63) is 24.3 Å². The zero-order chi connectivity index (χ0) is 20.1. The summed E-state index contributed by atoms with van der Waals surface area (Å²) in [6, 6.07) is 6.97. The summed E-state index contributed by atoms with van der Waals surface area (Å²) in [5.41, 5.74) is 0.474. The number of nitrogens with zero attached hydrogens (tertiary/aromatic N) is 1. The van der Waals surface area contributed by atoms with Gasteiger partial charge in [-0.25, -0.2) is 0 Å². The second kappa shape index (κ2) is 15.0. The smallest absolute Gasteiger partial charge is 0.317 e. The van der Waals surface area contributed by atoms with E-state index >= 15 is 0 Å². The molecule has 9 heteroatoms. The van der Waals surface area contributed by atoms with E-state index in [1.807, 2.05) is 0 Å². The van der Waals surface area contributed by atoms with Gasteiger partial charge in [0, 0.05) is 20.1 Å². The topological polar surface area (TPSA) is 116 Å². The van der Waals surface area contributed by atoms with Gasteiger partial charge in [-0.1, -0.05) is 44.7 Å². The number of hydrogen-bond acceptors (Lipinski definition) is 5. The number of carboxylic acids is 2. The zero-order valence-electron chi connectivity index (χ0n) is 16.0. The van der Waals surface area contributed by atoms with Crippen molar-refractivity contribution in [2.24, 2.45) is 0 Å². The molecule has 3 N–H and O–H groups in total. The Labute approximate surface area is 178 Å². The fourth-order valence-corrected chi connectivity index (χ4v) is 2.53. The average molecular weight is 479 g/mol. The van der Waals surface area contributed by atoms with Crippen molar-refractivity contribution in [3.63, 3.8) is 0 Å². The number of carbonyl (C=O) groups excluding carboxylic acids is 1. The molecule has 28 heavy (non-hydrogen) atoms. The number of carboxylic acid groups (broad SMARTS) is 2. The van der Waals surface area contributed by atoms with Gasteiger partial charge in [-0.3, -0.25) is 19.3 Å². The molecule has 0 aliphatic rings. The first-order valence-corrected chi connectivity index (χ1v) is 9.10. The van der Waals surface area contributed by atoms with Gasteiger partial charge in [0.1, 0.15) is 5.75 Å². The predicted octanol–water partition coefficient (Wildman–Crippen LogP) is 2.44. The summed E-state index contributed by atoms with van der Waals surface area (Å²) in [4.78, 5) is 34.9. The largest absolute Gasteiger partial charge is 0.491 e. The maximum Gasteiger partial charge on any atom is 0.317 e. The van der Waals surface area contributed by atoms with E-state index < -0.39 is 30.9 Å². The van der Waals surface area contributed by atoms with Gasteiger partial charge in [-0.15, -0.1) is 0 Å². The van der Waals surface area contributed by atoms with Gasteiger partial charge in [0.25, 0.3) is 0 Å². The van der Waals surface area contributed by atoms with Crippen molar-refractivity contribution in [3.8, 4) is 5.75 Å². The van der Waals surface area contributed by atoms with Gasteiger partial charge in [0.15, 0.2) is 0 Å². The van der Waals surface area contributed by atoms with Gasteiger partial charge in [-0.05, 0) is 18.6 Å². The van der Waals surface area contributed by atoms with Crippen LogP contribution in [0, 0.1) is 0 Å². The molecule has 0 aliphatic carbocycles. The molecule has 0 aromatic heterocycles. The fourth-order valence-electron chi connectivity index (χ4n) is 2.53. The molecule has 0 unspecified atom stereocenters. The first-order chi connectivity index (χ1) is 12.9. The van der Waals surface area contributed by atoms with Crippen LogP contribution in [-0.2, 0) is 34.5 Å². The summed E-state index contributed by atoms with van der Waals surface area (Å²) in [7, 11) is 0. The van der Waals surface area contributed by atoms with E-state index in [2.05, 4.69) is 12.2 Å². The fraction of sp³-hybridized carbons (Fsp3) is 0.526. The van der Waals surface area contributed by atoms with Crippen LogP contribution in [0.3, 0.4) is 0 Å². The third kappa shape index (κ3) is 11.7. The number of unbranched alkanes of at least 4 members (excludes halogenated alkanes) is 4. The Morgan fingerprint density at radius 3 is 2.18 bits per heavy atom. The molecule has 0 saturated heterocycles. The monoisotopic (exact) mass is 479 g/mol. The first-order valence-electron chi connectivity index (χ1n) is 9.10. The van der Waals surface area contributed by atoms with E-state index in [0.717, 1.165) is 17.7 Å². The Morgan fingerprint density at radius 2 is 1.57 bits per heavy atom. The number of benzene rings is 1. The Balaban J connectivity index is 0.00000729. The molecule has 1 rings (SSSR count). The molecule has 0 saturated carbocycles. The standard InChI is InChI=1S/C19H28N2O6.Tc/c1-2-3-4-5-8-11-27-16-10-7-6-9-15(16)20-17(22)12-21(13-18(23)24)14-19(25)26;/h6-7,9-10H,2-5,8,11-14H2,1H3,(H,20,22)(H,23,24)(H,25,26);/i;1+1. The molecule has 0 fully saturated rings. The Bertz CT molecular complexity index is 610. The van der Waals surface area contributed by atoms with E-state index in [0.29, 0.717) is 18.0 Å². The molecule has 1 aromatic carbocycles. The molecule has 157 valence electrons. The van der Waals surface area contributed by atoms with Crippen molar-refractivity contribution >= 4 is 23.5 Å². The van der Waals surface area contributed by atoms with Crippen LogP contribution in [0.5, 0.6) is 5.75 Å². The minimum Gasteiger partial charge on any atom is -0.491 e. The normalized spacial score (nSPS) is 10.2. The molecule has 0 bridgehead atoms. The van der Waals surface area contributed by atoms with E-state index in [9.17, 15) is 14.4 Å². The number of nitrogens with one attached hydrogen (secondary N) is 1. The number of anilines is 1. The molecule has 8 nitrogen and oxygen atoms in total. The number of amides is 1. The Morgan fingerprint density at radius 1 is 0.964 bits per heavy atom. The molecule has 1 aromatic rings. The summed E-state index contributed by atoms with van der Waals surface area (Å²) >= 11 is 0. The minimum absolute atomic E-state index is 0. The summed E-state index contributed by atoms with van der Waals surface area (Å²) in [5.74, 6) is -2.37. The second-order valence-electron chi connectivity index (χ2n) is 6.24. The molecule has 0 aliphatic heterocycles. The minimum atomic E-state index is -1.20. The number of carbonyl (C=O) groups is 3. The third-order valence-corrected chi connectivity index (χ3v) is 3.75. The van der Waals surface area contributed by atoms with E-state index in [1.54, 1.807) is 24.3 Å². The Hall–Kier alpha value is -1.96. The third-order valence-electron chi connectivity index (χ3n) is 3.75. The van der Waals surface area contributed by atoms with Gasteiger partial charge < -0.3 is 20.3 Å². The quantitative estimate of drug-likeness (QED) is 0.351. The van der Waals surface area contributed by atoms with Crippen molar-refractivity contribution in [2.75, 3.05) is 31.6 Å². The SMILES string of the molecule is CCCCCCCOc1ccccc1NC(=O)CN(CC(=O)O)CC(=O)O.[99Tc]. The number of hydrogen-bond donors (Lipinski definition) is 3. The summed E-state index contributed by atoms with van der Waals surface area (Å²) < 4.78 is 5.74. The summed E-state index contributed by atoms with van der Waals surface area (Å²) in [6.45, 7) is 1.29. The van der Waals surface area contributed by atoms with Crippen LogP contribution in [0.2, 0.25) is 0 Å². The average Bonchev–Trinajstić information content (AvgIpc) is 2.58. The van der Waals surface area contributed by atoms with Crippen LogP contribution in [0.25, 0.3) is 0 Å². The maximum absolute atomic E-state index is 12.2. The van der Waals surface area contributed by atoms with Crippen molar-refractivity contribution < 1.29 is 49.4 Å². The molecular weight excluding hydrogens is 451 g/mol. The maximum atomic E-state index is 12.2. The summed E-state index contributed by atoms with van der Waals surface area (Å²) in [6.07, 6.45) is 5.56. The summed E-state index contributed by atoms with van der Waals surface area (Å²) in [5, 5.41) is 20.3. The molecule has 0 heterocycles. The van der Waals surface area contributed by atoms with Crippen LogP contribution >= 0.6 is 0 Å². The Kier molecular flexibility index (Phi) is 14.0. The predicted molar refractivity (Wildman–Crippen MR) is 101 cm³/mol. The number of aliphatic carboxylic acids is 2. The van der Waals surface area contributed by atoms with Gasteiger partial charge >= 0.3 is 11.9 Å². The van der Waals surface area contributed by atoms with Crippen LogP contribution in [-0.4, -0.2) is 59.2 Å². The number of para-hydroxylation sites is 2. The van der Waals surface area contributed by atoms with Crippen LogP contribution in [0.4, 0.5) is 5.69 Å². The van der Waals surface area contributed by atoms with E-state index in [1.165, 1.54) is 19.3 Å². The van der Waals surface area contributed by atoms with Crippen LogP contribution in [0.15, 0.2) is 24.3 Å². The number of rotatable bonds is 14.